The van der Waals surface area contributed by atoms with Crippen molar-refractivity contribution < 1.29 is 4.79 Å². The zero-order valence-electron chi connectivity index (χ0n) is 12.7. The van der Waals surface area contributed by atoms with Gasteiger partial charge in [-0.15, -0.1) is 0 Å². The minimum Gasteiger partial charge on any atom is -0.349 e. The van der Waals surface area contributed by atoms with Crippen LogP contribution in [0, 0.1) is 18.8 Å². The fraction of sp³-hybridized carbons (Fsp3) is 0.647. The van der Waals surface area contributed by atoms with Crippen molar-refractivity contribution in [3.63, 3.8) is 0 Å². The second-order valence-corrected chi connectivity index (χ2v) is 6.67. The zero-order chi connectivity index (χ0) is 14.8. The minimum atomic E-state index is -0.293. The number of aromatic amines is 1. The number of aryl methyl sites for hydroxylation is 1. The van der Waals surface area contributed by atoms with Crippen molar-refractivity contribution in [2.45, 2.75) is 57.9 Å². The van der Waals surface area contributed by atoms with Gasteiger partial charge in [0, 0.05) is 11.7 Å². The van der Waals surface area contributed by atoms with Crippen molar-refractivity contribution in [1.82, 2.24) is 10.3 Å². The van der Waals surface area contributed by atoms with Crippen molar-refractivity contribution in [1.29, 1.82) is 0 Å². The number of fused-ring (bicyclic) bond motifs is 1. The standard InChI is InChI=1S/C17H24N2O2/c1-11-6-9-15(16(20)18-11)17(21)19-14-8-7-12-4-2-3-5-13(12)10-14/h6,9,12-14H,2-5,7-8,10H2,1H3,(H,18,20)(H,19,21). The first-order valence-corrected chi connectivity index (χ1v) is 8.14. The molecule has 4 heteroatoms. The normalized spacial score (nSPS) is 28.7. The SMILES string of the molecule is Cc1ccc(C(=O)NC2CCC3CCCCC3C2)c(=O)[nH]1. The Labute approximate surface area is 125 Å². The number of rotatable bonds is 2. The van der Waals surface area contributed by atoms with Gasteiger partial charge in [0.05, 0.1) is 0 Å². The fourth-order valence-corrected chi connectivity index (χ4v) is 4.02. The van der Waals surface area contributed by atoms with Crippen LogP contribution < -0.4 is 10.9 Å². The molecule has 3 rings (SSSR count). The maximum atomic E-state index is 12.3. The van der Waals surface area contributed by atoms with Crippen LogP contribution in [-0.4, -0.2) is 16.9 Å². The lowest BCUT2D eigenvalue weighted by Gasteiger charge is -2.39. The fourth-order valence-electron chi connectivity index (χ4n) is 4.02. The molecule has 0 saturated heterocycles. The van der Waals surface area contributed by atoms with Crippen LogP contribution in [0.1, 0.15) is 61.0 Å². The Bertz CT molecular complexity index is 578. The van der Waals surface area contributed by atoms with E-state index in [1.54, 1.807) is 12.1 Å². The molecular formula is C17H24N2O2. The Morgan fingerprint density at radius 3 is 2.67 bits per heavy atom. The van der Waals surface area contributed by atoms with Gasteiger partial charge in [-0.25, -0.2) is 0 Å². The molecule has 2 saturated carbocycles. The van der Waals surface area contributed by atoms with Crippen LogP contribution in [0.25, 0.3) is 0 Å². The molecule has 4 nitrogen and oxygen atoms in total. The van der Waals surface area contributed by atoms with Crippen molar-refractivity contribution in [3.8, 4) is 0 Å². The molecule has 21 heavy (non-hydrogen) atoms. The van der Waals surface area contributed by atoms with Crippen LogP contribution in [0.5, 0.6) is 0 Å². The van der Waals surface area contributed by atoms with E-state index >= 15 is 0 Å². The van der Waals surface area contributed by atoms with Crippen LogP contribution in [0.3, 0.4) is 0 Å². The Morgan fingerprint density at radius 1 is 1.14 bits per heavy atom. The van der Waals surface area contributed by atoms with E-state index in [9.17, 15) is 9.59 Å². The van der Waals surface area contributed by atoms with Crippen LogP contribution >= 0.6 is 0 Å². The Balaban J connectivity index is 1.63. The van der Waals surface area contributed by atoms with E-state index in [0.29, 0.717) is 0 Å². The summed E-state index contributed by atoms with van der Waals surface area (Å²) in [4.78, 5) is 26.8. The summed E-state index contributed by atoms with van der Waals surface area (Å²) < 4.78 is 0. The number of pyridine rings is 1. The van der Waals surface area contributed by atoms with E-state index in [1.807, 2.05) is 6.92 Å². The van der Waals surface area contributed by atoms with Gasteiger partial charge in [-0.05, 0) is 50.2 Å². The molecule has 0 radical (unpaired) electrons. The number of nitrogens with one attached hydrogen (secondary N) is 2. The number of amides is 1. The van der Waals surface area contributed by atoms with Gasteiger partial charge >= 0.3 is 0 Å². The highest BCUT2D eigenvalue weighted by Crippen LogP contribution is 2.40. The second kappa shape index (κ2) is 6.04. The van der Waals surface area contributed by atoms with Gasteiger partial charge in [0.1, 0.15) is 5.56 Å². The molecule has 1 heterocycles. The van der Waals surface area contributed by atoms with Crippen molar-refractivity contribution in [2.75, 3.05) is 0 Å². The number of carbonyl (C=O) groups excluding carboxylic acids is 1. The van der Waals surface area contributed by atoms with Crippen molar-refractivity contribution in [2.24, 2.45) is 11.8 Å². The quantitative estimate of drug-likeness (QED) is 0.879. The van der Waals surface area contributed by atoms with Crippen LogP contribution in [0.4, 0.5) is 0 Å². The number of hydrogen-bond acceptors (Lipinski definition) is 2. The lowest BCUT2D eigenvalue weighted by atomic mass is 9.69. The van der Waals surface area contributed by atoms with Gasteiger partial charge in [-0.1, -0.05) is 25.7 Å². The first-order valence-electron chi connectivity index (χ1n) is 8.14. The van der Waals surface area contributed by atoms with Crippen LogP contribution in [0.2, 0.25) is 0 Å². The van der Waals surface area contributed by atoms with Crippen molar-refractivity contribution in [3.05, 3.63) is 33.7 Å². The molecule has 1 amide bonds. The summed E-state index contributed by atoms with van der Waals surface area (Å²) >= 11 is 0. The molecule has 0 spiro atoms. The van der Waals surface area contributed by atoms with E-state index < -0.39 is 0 Å². The number of aromatic nitrogens is 1. The van der Waals surface area contributed by atoms with E-state index in [2.05, 4.69) is 10.3 Å². The van der Waals surface area contributed by atoms with E-state index in [1.165, 1.54) is 32.1 Å². The van der Waals surface area contributed by atoms with E-state index in [4.69, 9.17) is 0 Å². The number of carbonyl (C=O) groups is 1. The molecule has 2 fully saturated rings. The summed E-state index contributed by atoms with van der Waals surface area (Å²) in [6, 6.07) is 3.63. The molecule has 2 aliphatic rings. The monoisotopic (exact) mass is 288 g/mol. The first-order chi connectivity index (χ1) is 10.1. The molecule has 3 unspecified atom stereocenters. The second-order valence-electron chi connectivity index (χ2n) is 6.67. The largest absolute Gasteiger partial charge is 0.349 e. The van der Waals surface area contributed by atoms with Crippen LogP contribution in [0.15, 0.2) is 16.9 Å². The highest BCUT2D eigenvalue weighted by molar-refractivity contribution is 5.93. The predicted octanol–water partition coefficient (Wildman–Crippen LogP) is 2.77. The molecule has 2 N–H and O–H groups in total. The van der Waals surface area contributed by atoms with Crippen LogP contribution in [-0.2, 0) is 0 Å². The summed E-state index contributed by atoms with van der Waals surface area (Å²) in [5, 5.41) is 3.07. The topological polar surface area (TPSA) is 62.0 Å². The Morgan fingerprint density at radius 2 is 1.90 bits per heavy atom. The van der Waals surface area contributed by atoms with E-state index in [0.717, 1.165) is 30.4 Å². The van der Waals surface area contributed by atoms with Gasteiger partial charge in [0.15, 0.2) is 0 Å². The molecule has 0 aliphatic heterocycles. The molecule has 3 atom stereocenters. The molecular weight excluding hydrogens is 264 g/mol. The molecule has 1 aromatic heterocycles. The lowest BCUT2D eigenvalue weighted by molar-refractivity contribution is 0.0878. The summed E-state index contributed by atoms with van der Waals surface area (Å²) in [5.74, 6) is 1.42. The predicted molar refractivity (Wildman–Crippen MR) is 82.4 cm³/mol. The number of hydrogen-bond donors (Lipinski definition) is 2. The number of H-pyrrole nitrogens is 1. The third kappa shape index (κ3) is 3.20. The smallest absolute Gasteiger partial charge is 0.260 e. The molecule has 1 aromatic rings. The van der Waals surface area contributed by atoms with Crippen molar-refractivity contribution >= 4 is 5.91 Å². The third-order valence-corrected chi connectivity index (χ3v) is 5.17. The minimum absolute atomic E-state index is 0.226. The van der Waals surface area contributed by atoms with Gasteiger partial charge in [-0.3, -0.25) is 9.59 Å². The van der Waals surface area contributed by atoms with Gasteiger partial charge in [-0.2, -0.15) is 0 Å². The van der Waals surface area contributed by atoms with Gasteiger partial charge in [0.25, 0.3) is 11.5 Å². The third-order valence-electron chi connectivity index (χ3n) is 5.17. The summed E-state index contributed by atoms with van der Waals surface area (Å²) in [5.41, 5.74) is 0.712. The summed E-state index contributed by atoms with van der Waals surface area (Å²) in [7, 11) is 0. The molecule has 0 bridgehead atoms. The Kier molecular flexibility index (Phi) is 4.13. The first kappa shape index (κ1) is 14.4. The maximum Gasteiger partial charge on any atom is 0.260 e. The summed E-state index contributed by atoms with van der Waals surface area (Å²) in [6.07, 6.45) is 8.73. The average molecular weight is 288 g/mol. The highest BCUT2D eigenvalue weighted by atomic mass is 16.2. The summed E-state index contributed by atoms with van der Waals surface area (Å²) in [6.45, 7) is 1.81. The van der Waals surface area contributed by atoms with E-state index in [-0.39, 0.29) is 23.1 Å². The molecule has 0 aromatic carbocycles. The Hall–Kier alpha value is -1.58. The molecule has 2 aliphatic carbocycles. The molecule has 114 valence electrons. The highest BCUT2D eigenvalue weighted by Gasteiger charge is 2.32. The average Bonchev–Trinajstić information content (AvgIpc) is 2.47. The zero-order valence-corrected chi connectivity index (χ0v) is 12.7. The van der Waals surface area contributed by atoms with Gasteiger partial charge < -0.3 is 10.3 Å². The lowest BCUT2D eigenvalue weighted by Crippen LogP contribution is -2.43. The maximum absolute atomic E-state index is 12.3. The van der Waals surface area contributed by atoms with Gasteiger partial charge in [0.2, 0.25) is 0 Å².